The van der Waals surface area contributed by atoms with Crippen molar-refractivity contribution in [3.05, 3.63) is 34.6 Å². The maximum atomic E-state index is 13.1. The van der Waals surface area contributed by atoms with Crippen molar-refractivity contribution in [3.63, 3.8) is 0 Å². The van der Waals surface area contributed by atoms with Gasteiger partial charge < -0.3 is 15.0 Å². The van der Waals surface area contributed by atoms with Gasteiger partial charge in [0.05, 0.1) is 13.2 Å². The predicted molar refractivity (Wildman–Crippen MR) is 85.9 cm³/mol. The van der Waals surface area contributed by atoms with E-state index in [1.165, 1.54) is 12.1 Å². The number of benzene rings is 1. The van der Waals surface area contributed by atoms with E-state index >= 15 is 0 Å². The van der Waals surface area contributed by atoms with Crippen LogP contribution < -0.4 is 5.32 Å². The zero-order chi connectivity index (χ0) is 16.2. The second kappa shape index (κ2) is 7.57. The van der Waals surface area contributed by atoms with Crippen LogP contribution in [0.5, 0.6) is 0 Å². The minimum absolute atomic E-state index is 0.115. The fourth-order valence-electron chi connectivity index (χ4n) is 2.96. The molecule has 2 aliphatic heterocycles. The first-order valence-electron chi connectivity index (χ1n) is 7.89. The van der Waals surface area contributed by atoms with Crippen molar-refractivity contribution >= 4 is 17.5 Å². The molecule has 2 aliphatic rings. The lowest BCUT2D eigenvalue weighted by molar-refractivity contribution is -0.138. The van der Waals surface area contributed by atoms with E-state index in [0.717, 1.165) is 25.2 Å². The smallest absolute Gasteiger partial charge is 0.242 e. The second-order valence-corrected chi connectivity index (χ2v) is 6.33. The average Bonchev–Trinajstić information content (AvgIpc) is 2.58. The van der Waals surface area contributed by atoms with Gasteiger partial charge in [0.2, 0.25) is 5.91 Å². The number of rotatable bonds is 3. The van der Waals surface area contributed by atoms with E-state index in [2.05, 4.69) is 10.2 Å². The molecule has 3 rings (SSSR count). The monoisotopic (exact) mass is 341 g/mol. The van der Waals surface area contributed by atoms with Gasteiger partial charge in [0.1, 0.15) is 11.9 Å². The van der Waals surface area contributed by atoms with E-state index in [1.807, 2.05) is 4.90 Å². The molecule has 2 heterocycles. The largest absolute Gasteiger partial charge is 0.378 e. The summed E-state index contributed by atoms with van der Waals surface area (Å²) in [6, 6.07) is 4.27. The topological polar surface area (TPSA) is 44.8 Å². The van der Waals surface area contributed by atoms with Crippen molar-refractivity contribution in [2.24, 2.45) is 0 Å². The zero-order valence-corrected chi connectivity index (χ0v) is 13.7. The van der Waals surface area contributed by atoms with Crippen LogP contribution >= 0.6 is 11.6 Å². The average molecular weight is 342 g/mol. The van der Waals surface area contributed by atoms with Gasteiger partial charge in [-0.25, -0.2) is 4.39 Å². The summed E-state index contributed by atoms with van der Waals surface area (Å²) < 4.78 is 18.4. The number of nitrogens with one attached hydrogen (secondary N) is 1. The number of carbonyl (C=O) groups is 1. The van der Waals surface area contributed by atoms with Gasteiger partial charge in [-0.2, -0.15) is 0 Å². The molecule has 7 heteroatoms. The Kier molecular flexibility index (Phi) is 5.48. The molecule has 23 heavy (non-hydrogen) atoms. The van der Waals surface area contributed by atoms with Crippen LogP contribution in [-0.4, -0.2) is 67.7 Å². The number of piperazine rings is 1. The van der Waals surface area contributed by atoms with E-state index in [0.29, 0.717) is 37.9 Å². The Morgan fingerprint density at radius 2 is 2.13 bits per heavy atom. The summed E-state index contributed by atoms with van der Waals surface area (Å²) in [5.74, 6) is -0.208. The minimum Gasteiger partial charge on any atom is -0.378 e. The van der Waals surface area contributed by atoms with Crippen LogP contribution in [0.4, 0.5) is 4.39 Å². The summed E-state index contributed by atoms with van der Waals surface area (Å²) in [5.41, 5.74) is 0.912. The quantitative estimate of drug-likeness (QED) is 0.894. The fourth-order valence-corrected chi connectivity index (χ4v) is 3.19. The molecule has 1 amide bonds. The number of carbonyl (C=O) groups excluding carboxylic acids is 1. The van der Waals surface area contributed by atoms with E-state index in [9.17, 15) is 9.18 Å². The standard InChI is InChI=1S/C16H21ClFN3O2/c17-14-9-13(18)2-1-12(14)10-20-4-6-21(7-5-20)16(22)15-11-23-8-3-19-15/h1-2,9,15,19H,3-8,10-11H2/t15-/m0/s1. The Bertz CT molecular complexity index is 558. The first-order chi connectivity index (χ1) is 11.1. The minimum atomic E-state index is -0.323. The van der Waals surface area contributed by atoms with Crippen molar-refractivity contribution in [2.45, 2.75) is 12.6 Å². The highest BCUT2D eigenvalue weighted by Crippen LogP contribution is 2.20. The highest BCUT2D eigenvalue weighted by Gasteiger charge is 2.28. The van der Waals surface area contributed by atoms with Gasteiger partial charge in [0, 0.05) is 44.3 Å². The summed E-state index contributed by atoms with van der Waals surface area (Å²) in [4.78, 5) is 16.5. The highest BCUT2D eigenvalue weighted by atomic mass is 35.5. The first-order valence-corrected chi connectivity index (χ1v) is 8.27. The Morgan fingerprint density at radius 1 is 1.35 bits per heavy atom. The SMILES string of the molecule is O=C([C@@H]1COCCN1)N1CCN(Cc2ccc(F)cc2Cl)CC1. The lowest BCUT2D eigenvalue weighted by Crippen LogP contribution is -2.57. The molecule has 1 N–H and O–H groups in total. The molecule has 0 bridgehead atoms. The predicted octanol–water partition coefficient (Wildman–Crippen LogP) is 1.11. The maximum absolute atomic E-state index is 13.1. The van der Waals surface area contributed by atoms with Crippen LogP contribution in [0.3, 0.4) is 0 Å². The van der Waals surface area contributed by atoms with Gasteiger partial charge in [0.15, 0.2) is 0 Å². The third-order valence-corrected chi connectivity index (χ3v) is 4.66. The molecule has 126 valence electrons. The number of hydrogen-bond donors (Lipinski definition) is 1. The van der Waals surface area contributed by atoms with E-state index < -0.39 is 0 Å². The van der Waals surface area contributed by atoms with Gasteiger partial charge in [-0.05, 0) is 17.7 Å². The summed E-state index contributed by atoms with van der Waals surface area (Å²) in [7, 11) is 0. The summed E-state index contributed by atoms with van der Waals surface area (Å²) >= 11 is 6.08. The molecular formula is C16H21ClFN3O2. The number of amides is 1. The van der Waals surface area contributed by atoms with Crippen molar-refractivity contribution in [2.75, 3.05) is 45.9 Å². The number of nitrogens with zero attached hydrogens (tertiary/aromatic N) is 2. The Balaban J connectivity index is 1.51. The molecule has 0 unspecified atom stereocenters. The van der Waals surface area contributed by atoms with Crippen LogP contribution in [0.1, 0.15) is 5.56 Å². The molecule has 2 fully saturated rings. The number of halogens is 2. The van der Waals surface area contributed by atoms with Crippen LogP contribution in [-0.2, 0) is 16.1 Å². The third kappa shape index (κ3) is 4.20. The fraction of sp³-hybridized carbons (Fsp3) is 0.562. The lowest BCUT2D eigenvalue weighted by atomic mass is 10.1. The second-order valence-electron chi connectivity index (χ2n) is 5.92. The molecule has 0 spiro atoms. The molecule has 1 atom stereocenters. The van der Waals surface area contributed by atoms with Crippen molar-refractivity contribution < 1.29 is 13.9 Å². The Morgan fingerprint density at radius 3 is 2.78 bits per heavy atom. The molecule has 0 radical (unpaired) electrons. The van der Waals surface area contributed by atoms with Gasteiger partial charge in [0.25, 0.3) is 0 Å². The van der Waals surface area contributed by atoms with Crippen LogP contribution in [0.15, 0.2) is 18.2 Å². The van der Waals surface area contributed by atoms with E-state index in [4.69, 9.17) is 16.3 Å². The van der Waals surface area contributed by atoms with Crippen LogP contribution in [0.2, 0.25) is 5.02 Å². The van der Waals surface area contributed by atoms with Crippen molar-refractivity contribution in [1.29, 1.82) is 0 Å². The van der Waals surface area contributed by atoms with Gasteiger partial charge >= 0.3 is 0 Å². The lowest BCUT2D eigenvalue weighted by Gasteiger charge is -2.37. The zero-order valence-electron chi connectivity index (χ0n) is 12.9. The summed E-state index contributed by atoms with van der Waals surface area (Å²) in [6.07, 6.45) is 0. The number of hydrogen-bond acceptors (Lipinski definition) is 4. The van der Waals surface area contributed by atoms with Crippen LogP contribution in [0, 0.1) is 5.82 Å². The van der Waals surface area contributed by atoms with Crippen molar-refractivity contribution in [3.8, 4) is 0 Å². The highest BCUT2D eigenvalue weighted by molar-refractivity contribution is 6.31. The number of ether oxygens (including phenoxy) is 1. The third-order valence-electron chi connectivity index (χ3n) is 4.31. The van der Waals surface area contributed by atoms with Crippen LogP contribution in [0.25, 0.3) is 0 Å². The molecule has 2 saturated heterocycles. The molecule has 0 aliphatic carbocycles. The molecule has 1 aromatic rings. The van der Waals surface area contributed by atoms with Crippen molar-refractivity contribution in [1.82, 2.24) is 15.1 Å². The molecule has 5 nitrogen and oxygen atoms in total. The van der Waals surface area contributed by atoms with E-state index in [-0.39, 0.29) is 17.8 Å². The molecule has 1 aromatic carbocycles. The molecule has 0 saturated carbocycles. The number of morpholine rings is 1. The molecular weight excluding hydrogens is 321 g/mol. The first kappa shape index (κ1) is 16.6. The molecule has 0 aromatic heterocycles. The van der Waals surface area contributed by atoms with E-state index in [1.54, 1.807) is 6.07 Å². The summed E-state index contributed by atoms with van der Waals surface area (Å²) in [6.45, 7) is 5.46. The van der Waals surface area contributed by atoms with Gasteiger partial charge in [-0.1, -0.05) is 17.7 Å². The Labute approximate surface area is 140 Å². The van der Waals surface area contributed by atoms with Gasteiger partial charge in [-0.15, -0.1) is 0 Å². The normalized spacial score (nSPS) is 23.0. The Hall–Kier alpha value is -1.21. The maximum Gasteiger partial charge on any atom is 0.242 e. The van der Waals surface area contributed by atoms with Gasteiger partial charge in [-0.3, -0.25) is 9.69 Å². The summed E-state index contributed by atoms with van der Waals surface area (Å²) in [5, 5.41) is 3.65.